The predicted molar refractivity (Wildman–Crippen MR) is 117 cm³/mol. The molecule has 1 aliphatic heterocycles. The number of ether oxygens (including phenoxy) is 1. The summed E-state index contributed by atoms with van der Waals surface area (Å²) in [4.78, 5) is 14.1. The number of nitrogens with zero attached hydrogens (tertiary/aromatic N) is 1. The van der Waals surface area contributed by atoms with Gasteiger partial charge in [-0.1, -0.05) is 30.3 Å². The minimum atomic E-state index is -0.0114. The molecule has 0 bridgehead atoms. The Hall–Kier alpha value is -2.24. The summed E-state index contributed by atoms with van der Waals surface area (Å²) in [5.41, 5.74) is 2.16. The van der Waals surface area contributed by atoms with Gasteiger partial charge in [0.05, 0.1) is 6.61 Å². The highest BCUT2D eigenvalue weighted by molar-refractivity contribution is 5.89. The minimum Gasteiger partial charge on any atom is -0.494 e. The zero-order valence-corrected chi connectivity index (χ0v) is 17.0. The van der Waals surface area contributed by atoms with Crippen LogP contribution in [-0.2, 0) is 6.42 Å². The highest BCUT2D eigenvalue weighted by Crippen LogP contribution is 2.14. The zero-order valence-electron chi connectivity index (χ0n) is 16.2. The van der Waals surface area contributed by atoms with E-state index in [9.17, 15) is 4.79 Å². The molecule has 1 fully saturated rings. The van der Waals surface area contributed by atoms with Gasteiger partial charge in [0.15, 0.2) is 0 Å². The van der Waals surface area contributed by atoms with Crippen LogP contribution in [0.2, 0.25) is 0 Å². The standard InChI is InChI=1S/C22H29N3O2.ClH/c26-22(25-16-14-23-15-17-25)24-20-12-10-19(11-13-20)7-3-2-6-18-27-21-8-4-1-5-9-21;/h1,4-5,8-13,23H,2-3,6-7,14-18H2,(H,24,26);1H. The molecule has 2 aromatic carbocycles. The number of benzene rings is 2. The lowest BCUT2D eigenvalue weighted by Crippen LogP contribution is -2.48. The van der Waals surface area contributed by atoms with Crippen molar-refractivity contribution in [3.63, 3.8) is 0 Å². The number of unbranched alkanes of at least 4 members (excludes halogenated alkanes) is 2. The van der Waals surface area contributed by atoms with E-state index < -0.39 is 0 Å². The normalized spacial score (nSPS) is 13.5. The van der Waals surface area contributed by atoms with Crippen LogP contribution in [0.15, 0.2) is 54.6 Å². The highest BCUT2D eigenvalue weighted by atomic mass is 35.5. The maximum absolute atomic E-state index is 12.2. The number of piperazine rings is 1. The number of halogens is 1. The lowest BCUT2D eigenvalue weighted by Gasteiger charge is -2.27. The van der Waals surface area contributed by atoms with E-state index in [1.54, 1.807) is 0 Å². The van der Waals surface area contributed by atoms with E-state index in [0.717, 1.165) is 69.9 Å². The first-order valence-corrected chi connectivity index (χ1v) is 9.85. The van der Waals surface area contributed by atoms with Crippen LogP contribution in [0.3, 0.4) is 0 Å². The maximum atomic E-state index is 12.2. The zero-order chi connectivity index (χ0) is 18.7. The van der Waals surface area contributed by atoms with E-state index in [4.69, 9.17) is 4.74 Å². The van der Waals surface area contributed by atoms with Gasteiger partial charge in [-0.2, -0.15) is 0 Å². The van der Waals surface area contributed by atoms with E-state index in [1.165, 1.54) is 5.56 Å². The molecule has 0 saturated carbocycles. The summed E-state index contributed by atoms with van der Waals surface area (Å²) in [6.07, 6.45) is 4.41. The van der Waals surface area contributed by atoms with E-state index >= 15 is 0 Å². The predicted octanol–water partition coefficient (Wildman–Crippen LogP) is 4.34. The van der Waals surface area contributed by atoms with Gasteiger partial charge in [0.25, 0.3) is 0 Å². The van der Waals surface area contributed by atoms with Crippen molar-refractivity contribution in [1.82, 2.24) is 10.2 Å². The molecule has 0 radical (unpaired) electrons. The Morgan fingerprint density at radius 1 is 0.964 bits per heavy atom. The highest BCUT2D eigenvalue weighted by Gasteiger charge is 2.15. The molecule has 0 aromatic heterocycles. The summed E-state index contributed by atoms with van der Waals surface area (Å²) in [6, 6.07) is 18.1. The van der Waals surface area contributed by atoms with Crippen LogP contribution in [0.4, 0.5) is 10.5 Å². The second-order valence-corrected chi connectivity index (χ2v) is 6.84. The van der Waals surface area contributed by atoms with Gasteiger partial charge in [-0.25, -0.2) is 4.79 Å². The number of anilines is 1. The molecular weight excluding hydrogens is 374 g/mol. The van der Waals surface area contributed by atoms with Gasteiger partial charge in [-0.05, 0) is 55.5 Å². The molecule has 28 heavy (non-hydrogen) atoms. The Labute approximate surface area is 173 Å². The maximum Gasteiger partial charge on any atom is 0.321 e. The average molecular weight is 404 g/mol. The number of para-hydroxylation sites is 1. The largest absolute Gasteiger partial charge is 0.494 e. The van der Waals surface area contributed by atoms with Gasteiger partial charge < -0.3 is 20.3 Å². The van der Waals surface area contributed by atoms with Crippen molar-refractivity contribution in [2.24, 2.45) is 0 Å². The van der Waals surface area contributed by atoms with Crippen molar-refractivity contribution in [2.75, 3.05) is 38.1 Å². The van der Waals surface area contributed by atoms with Crippen molar-refractivity contribution in [2.45, 2.75) is 25.7 Å². The van der Waals surface area contributed by atoms with Crippen molar-refractivity contribution in [3.05, 3.63) is 60.2 Å². The number of urea groups is 1. The summed E-state index contributed by atoms with van der Waals surface area (Å²) in [7, 11) is 0. The van der Waals surface area contributed by atoms with E-state index in [2.05, 4.69) is 22.8 Å². The quantitative estimate of drug-likeness (QED) is 0.645. The van der Waals surface area contributed by atoms with Crippen LogP contribution < -0.4 is 15.4 Å². The SMILES string of the molecule is Cl.O=C(Nc1ccc(CCCCCOc2ccccc2)cc1)N1CCNCC1. The summed E-state index contributed by atoms with van der Waals surface area (Å²) < 4.78 is 5.71. The summed E-state index contributed by atoms with van der Waals surface area (Å²) in [5, 5.41) is 6.23. The Morgan fingerprint density at radius 2 is 1.68 bits per heavy atom. The topological polar surface area (TPSA) is 53.6 Å². The molecule has 0 spiro atoms. The number of rotatable bonds is 8. The first kappa shape index (κ1) is 22.1. The van der Waals surface area contributed by atoms with E-state index in [0.29, 0.717) is 0 Å². The van der Waals surface area contributed by atoms with Crippen molar-refractivity contribution < 1.29 is 9.53 Å². The third kappa shape index (κ3) is 7.41. The number of carbonyl (C=O) groups is 1. The van der Waals surface area contributed by atoms with Gasteiger partial charge in [-0.15, -0.1) is 12.4 Å². The number of amides is 2. The van der Waals surface area contributed by atoms with Crippen LogP contribution >= 0.6 is 12.4 Å². The fraction of sp³-hybridized carbons (Fsp3) is 0.409. The second-order valence-electron chi connectivity index (χ2n) is 6.84. The molecule has 3 rings (SSSR count). The molecular formula is C22H30ClN3O2. The third-order valence-electron chi connectivity index (χ3n) is 4.73. The lowest BCUT2D eigenvalue weighted by molar-refractivity contribution is 0.204. The number of hydrogen-bond acceptors (Lipinski definition) is 3. The molecule has 0 aliphatic carbocycles. The molecule has 2 N–H and O–H groups in total. The number of nitrogens with one attached hydrogen (secondary N) is 2. The van der Waals surface area contributed by atoms with Crippen LogP contribution in [0.1, 0.15) is 24.8 Å². The summed E-state index contributed by atoms with van der Waals surface area (Å²) in [5.74, 6) is 0.941. The number of aryl methyl sites for hydroxylation is 1. The molecule has 0 atom stereocenters. The molecule has 5 nitrogen and oxygen atoms in total. The van der Waals surface area contributed by atoms with Crippen molar-refractivity contribution in [3.8, 4) is 5.75 Å². The third-order valence-corrected chi connectivity index (χ3v) is 4.73. The Kier molecular flexibility index (Phi) is 9.66. The fourth-order valence-corrected chi connectivity index (χ4v) is 3.14. The molecule has 6 heteroatoms. The Bertz CT molecular complexity index is 689. The van der Waals surface area contributed by atoms with Gasteiger partial charge in [-0.3, -0.25) is 0 Å². The second kappa shape index (κ2) is 12.3. The summed E-state index contributed by atoms with van der Waals surface area (Å²) in [6.45, 7) is 4.02. The lowest BCUT2D eigenvalue weighted by atomic mass is 10.1. The van der Waals surface area contributed by atoms with Crippen LogP contribution in [-0.4, -0.2) is 43.7 Å². The minimum absolute atomic E-state index is 0. The Balaban J connectivity index is 0.00000280. The number of hydrogen-bond donors (Lipinski definition) is 2. The molecule has 1 saturated heterocycles. The molecule has 2 aromatic rings. The first-order valence-electron chi connectivity index (χ1n) is 9.85. The van der Waals surface area contributed by atoms with Gasteiger partial charge in [0.2, 0.25) is 0 Å². The van der Waals surface area contributed by atoms with E-state index in [1.807, 2.05) is 47.4 Å². The Morgan fingerprint density at radius 3 is 2.39 bits per heavy atom. The van der Waals surface area contributed by atoms with Gasteiger partial charge in [0.1, 0.15) is 5.75 Å². The molecule has 1 aliphatic rings. The van der Waals surface area contributed by atoms with Crippen LogP contribution in [0.5, 0.6) is 5.75 Å². The van der Waals surface area contributed by atoms with Crippen molar-refractivity contribution >= 4 is 24.1 Å². The number of carbonyl (C=O) groups excluding carboxylic acids is 1. The molecule has 0 unspecified atom stereocenters. The first-order chi connectivity index (χ1) is 13.3. The molecule has 2 amide bonds. The van der Waals surface area contributed by atoms with Crippen LogP contribution in [0, 0.1) is 0 Å². The summed E-state index contributed by atoms with van der Waals surface area (Å²) >= 11 is 0. The molecule has 152 valence electrons. The van der Waals surface area contributed by atoms with E-state index in [-0.39, 0.29) is 18.4 Å². The van der Waals surface area contributed by atoms with Crippen molar-refractivity contribution in [1.29, 1.82) is 0 Å². The smallest absolute Gasteiger partial charge is 0.321 e. The monoisotopic (exact) mass is 403 g/mol. The van der Waals surface area contributed by atoms with Gasteiger partial charge in [0, 0.05) is 31.9 Å². The van der Waals surface area contributed by atoms with Crippen LogP contribution in [0.25, 0.3) is 0 Å². The van der Waals surface area contributed by atoms with Gasteiger partial charge >= 0.3 is 6.03 Å². The molecule has 1 heterocycles. The fourth-order valence-electron chi connectivity index (χ4n) is 3.14. The average Bonchev–Trinajstić information content (AvgIpc) is 2.73.